The van der Waals surface area contributed by atoms with E-state index in [4.69, 9.17) is 23.2 Å². The number of halogens is 2. The van der Waals surface area contributed by atoms with Gasteiger partial charge in [0.05, 0.1) is 0 Å². The van der Waals surface area contributed by atoms with E-state index in [0.717, 1.165) is 11.1 Å². The van der Waals surface area contributed by atoms with E-state index in [2.05, 4.69) is 0 Å². The Bertz CT molecular complexity index is 672. The number of carbonyl (C=O) groups is 2. The van der Waals surface area contributed by atoms with Gasteiger partial charge in [-0.05, 0) is 35.4 Å². The Morgan fingerprint density at radius 1 is 0.650 bits per heavy atom. The van der Waals surface area contributed by atoms with Crippen LogP contribution >= 0.6 is 23.2 Å². The van der Waals surface area contributed by atoms with E-state index in [1.165, 1.54) is 0 Å². The van der Waals surface area contributed by atoms with Gasteiger partial charge < -0.3 is 0 Å². The molecule has 0 N–H and O–H groups in total. The van der Waals surface area contributed by atoms with Gasteiger partial charge in [0.15, 0.2) is 11.6 Å². The SMILES string of the molecule is O=C1c2ccc(CCl)cc2C(=O)c2ccc(CCl)cc21. The monoisotopic (exact) mass is 304 g/mol. The second-order valence-corrected chi connectivity index (χ2v) is 5.22. The van der Waals surface area contributed by atoms with Crippen molar-refractivity contribution in [3.8, 4) is 0 Å². The van der Waals surface area contributed by atoms with Crippen LogP contribution in [-0.4, -0.2) is 11.6 Å². The molecule has 0 bridgehead atoms. The maximum Gasteiger partial charge on any atom is 0.194 e. The maximum absolute atomic E-state index is 12.5. The number of carbonyl (C=O) groups excluding carboxylic acids is 2. The lowest BCUT2D eigenvalue weighted by molar-refractivity contribution is 0.0979. The van der Waals surface area contributed by atoms with E-state index >= 15 is 0 Å². The van der Waals surface area contributed by atoms with Crippen molar-refractivity contribution < 1.29 is 9.59 Å². The number of hydrogen-bond donors (Lipinski definition) is 0. The summed E-state index contributed by atoms with van der Waals surface area (Å²) in [5.74, 6) is 0.352. The van der Waals surface area contributed by atoms with E-state index in [0.29, 0.717) is 34.0 Å². The predicted octanol–water partition coefficient (Wildman–Crippen LogP) is 3.94. The van der Waals surface area contributed by atoms with Gasteiger partial charge in [-0.25, -0.2) is 0 Å². The van der Waals surface area contributed by atoms with Crippen LogP contribution in [-0.2, 0) is 11.8 Å². The molecule has 3 rings (SSSR count). The van der Waals surface area contributed by atoms with Crippen molar-refractivity contribution in [3.63, 3.8) is 0 Å². The highest BCUT2D eigenvalue weighted by Gasteiger charge is 2.29. The van der Waals surface area contributed by atoms with Crippen molar-refractivity contribution in [2.45, 2.75) is 11.8 Å². The van der Waals surface area contributed by atoms with Crippen LogP contribution in [0.15, 0.2) is 36.4 Å². The standard InChI is InChI=1S/C16H10Cl2O2/c17-7-9-1-3-11-13(5-9)16(20)12-4-2-10(8-18)6-14(12)15(11)19/h1-6H,7-8H2. The second kappa shape index (κ2) is 5.04. The van der Waals surface area contributed by atoms with Crippen molar-refractivity contribution in [1.82, 2.24) is 0 Å². The summed E-state index contributed by atoms with van der Waals surface area (Å²) in [6.07, 6.45) is 0. The average Bonchev–Trinajstić information content (AvgIpc) is 2.51. The van der Waals surface area contributed by atoms with E-state index in [9.17, 15) is 9.59 Å². The Morgan fingerprint density at radius 3 is 1.40 bits per heavy atom. The van der Waals surface area contributed by atoms with Crippen LogP contribution in [0.4, 0.5) is 0 Å². The normalized spacial score (nSPS) is 13.1. The number of benzene rings is 2. The molecule has 0 amide bonds. The molecule has 0 aromatic heterocycles. The molecule has 2 aromatic carbocycles. The molecule has 0 spiro atoms. The third-order valence-electron chi connectivity index (χ3n) is 3.46. The minimum atomic E-state index is -0.136. The van der Waals surface area contributed by atoms with Gasteiger partial charge in [-0.2, -0.15) is 0 Å². The van der Waals surface area contributed by atoms with Crippen molar-refractivity contribution in [2.75, 3.05) is 0 Å². The zero-order chi connectivity index (χ0) is 14.3. The largest absolute Gasteiger partial charge is 0.289 e. The van der Waals surface area contributed by atoms with Crippen molar-refractivity contribution >= 4 is 34.8 Å². The summed E-state index contributed by atoms with van der Waals surface area (Å²) in [5.41, 5.74) is 3.38. The highest BCUT2D eigenvalue weighted by molar-refractivity contribution is 6.28. The molecule has 0 unspecified atom stereocenters. The Kier molecular flexibility index (Phi) is 3.36. The van der Waals surface area contributed by atoms with Crippen LogP contribution in [0.5, 0.6) is 0 Å². The Morgan fingerprint density at radius 2 is 1.05 bits per heavy atom. The summed E-state index contributed by atoms with van der Waals surface area (Å²) in [7, 11) is 0. The molecule has 4 heteroatoms. The minimum absolute atomic E-state index is 0.136. The molecule has 100 valence electrons. The first-order valence-electron chi connectivity index (χ1n) is 6.13. The van der Waals surface area contributed by atoms with Gasteiger partial charge >= 0.3 is 0 Å². The van der Waals surface area contributed by atoms with Gasteiger partial charge in [0, 0.05) is 34.0 Å². The molecule has 0 fully saturated rings. The van der Waals surface area contributed by atoms with Crippen LogP contribution < -0.4 is 0 Å². The van der Waals surface area contributed by atoms with Gasteiger partial charge in [0.2, 0.25) is 0 Å². The van der Waals surface area contributed by atoms with Crippen LogP contribution in [0, 0.1) is 0 Å². The van der Waals surface area contributed by atoms with Crippen molar-refractivity contribution in [1.29, 1.82) is 0 Å². The molecule has 2 nitrogen and oxygen atoms in total. The second-order valence-electron chi connectivity index (χ2n) is 4.69. The van der Waals surface area contributed by atoms with Crippen LogP contribution in [0.1, 0.15) is 43.0 Å². The third kappa shape index (κ3) is 1.96. The van der Waals surface area contributed by atoms with Crippen molar-refractivity contribution in [3.05, 3.63) is 69.8 Å². The fourth-order valence-corrected chi connectivity index (χ4v) is 2.74. The molecule has 1 aliphatic carbocycles. The number of hydrogen-bond acceptors (Lipinski definition) is 2. The lowest BCUT2D eigenvalue weighted by atomic mass is 9.83. The maximum atomic E-state index is 12.5. The topological polar surface area (TPSA) is 34.1 Å². The fraction of sp³-hybridized carbons (Fsp3) is 0.125. The molecule has 0 radical (unpaired) electrons. The molecular formula is C16H10Cl2O2. The number of fused-ring (bicyclic) bond motifs is 2. The Hall–Kier alpha value is -1.64. The van der Waals surface area contributed by atoms with E-state index in [1.54, 1.807) is 36.4 Å². The van der Waals surface area contributed by atoms with Gasteiger partial charge in [-0.3, -0.25) is 9.59 Å². The number of ketones is 2. The fourth-order valence-electron chi connectivity index (χ4n) is 2.41. The summed E-state index contributed by atoms with van der Waals surface area (Å²) < 4.78 is 0. The first-order valence-corrected chi connectivity index (χ1v) is 7.19. The predicted molar refractivity (Wildman–Crippen MR) is 78.9 cm³/mol. The Balaban J connectivity index is 2.22. The lowest BCUT2D eigenvalue weighted by Crippen LogP contribution is -2.21. The smallest absolute Gasteiger partial charge is 0.194 e. The number of rotatable bonds is 2. The lowest BCUT2D eigenvalue weighted by Gasteiger charge is -2.18. The van der Waals surface area contributed by atoms with Crippen molar-refractivity contribution in [2.24, 2.45) is 0 Å². The van der Waals surface area contributed by atoms with Gasteiger partial charge in [-0.1, -0.05) is 12.1 Å². The summed E-state index contributed by atoms with van der Waals surface area (Å²) in [6, 6.07) is 10.3. The molecule has 0 heterocycles. The highest BCUT2D eigenvalue weighted by atomic mass is 35.5. The van der Waals surface area contributed by atoms with Crippen LogP contribution in [0.3, 0.4) is 0 Å². The van der Waals surface area contributed by atoms with Gasteiger partial charge in [-0.15, -0.1) is 23.2 Å². The molecule has 2 aromatic rings. The molecule has 20 heavy (non-hydrogen) atoms. The molecule has 0 aliphatic heterocycles. The van der Waals surface area contributed by atoms with Gasteiger partial charge in [0.25, 0.3) is 0 Å². The molecule has 1 aliphatic rings. The van der Waals surface area contributed by atoms with Crippen LogP contribution in [0.2, 0.25) is 0 Å². The molecule has 0 atom stereocenters. The Labute approximate surface area is 126 Å². The molecular weight excluding hydrogens is 295 g/mol. The minimum Gasteiger partial charge on any atom is -0.289 e. The molecule has 0 saturated carbocycles. The number of alkyl halides is 2. The summed E-state index contributed by atoms with van der Waals surface area (Å²) in [5, 5.41) is 0. The van der Waals surface area contributed by atoms with E-state index < -0.39 is 0 Å². The first kappa shape index (κ1) is 13.3. The van der Waals surface area contributed by atoms with E-state index in [-0.39, 0.29) is 11.6 Å². The summed E-state index contributed by atoms with van der Waals surface area (Å²) in [6.45, 7) is 0. The zero-order valence-corrected chi connectivity index (χ0v) is 12.0. The van der Waals surface area contributed by atoms with Gasteiger partial charge in [0.1, 0.15) is 0 Å². The first-order chi connectivity index (χ1) is 9.65. The summed E-state index contributed by atoms with van der Waals surface area (Å²) in [4.78, 5) is 25.0. The average molecular weight is 305 g/mol. The van der Waals surface area contributed by atoms with Crippen LogP contribution in [0.25, 0.3) is 0 Å². The highest BCUT2D eigenvalue weighted by Crippen LogP contribution is 2.29. The zero-order valence-electron chi connectivity index (χ0n) is 10.5. The van der Waals surface area contributed by atoms with E-state index in [1.807, 2.05) is 0 Å². The third-order valence-corrected chi connectivity index (χ3v) is 4.07. The quantitative estimate of drug-likeness (QED) is 0.672. The molecule has 0 saturated heterocycles. The summed E-state index contributed by atoms with van der Waals surface area (Å²) >= 11 is 11.6.